The van der Waals surface area contributed by atoms with Crippen molar-refractivity contribution in [2.75, 3.05) is 43.4 Å². The zero-order chi connectivity index (χ0) is 14.8. The summed E-state index contributed by atoms with van der Waals surface area (Å²) in [6.07, 6.45) is 4.06. The lowest BCUT2D eigenvalue weighted by Gasteiger charge is -2.29. The van der Waals surface area contributed by atoms with Gasteiger partial charge in [0.15, 0.2) is 0 Å². The summed E-state index contributed by atoms with van der Waals surface area (Å²) in [5, 5.41) is 7.41. The first kappa shape index (κ1) is 14.4. The summed E-state index contributed by atoms with van der Waals surface area (Å²) in [5.74, 6) is 0.466. The van der Waals surface area contributed by atoms with Crippen molar-refractivity contribution in [2.24, 2.45) is 0 Å². The molecule has 21 heavy (non-hydrogen) atoms. The Labute approximate surface area is 129 Å². The average Bonchev–Trinajstić information content (AvgIpc) is 3.29. The van der Waals surface area contributed by atoms with E-state index in [9.17, 15) is 4.79 Å². The quantitative estimate of drug-likeness (QED) is 0.722. The van der Waals surface area contributed by atoms with E-state index in [1.807, 2.05) is 0 Å². The van der Waals surface area contributed by atoms with Gasteiger partial charge in [0.05, 0.1) is 10.7 Å². The van der Waals surface area contributed by atoms with Crippen LogP contribution >= 0.6 is 11.3 Å². The minimum Gasteiger partial charge on any atom is -0.397 e. The van der Waals surface area contributed by atoms with Crippen LogP contribution in [-0.2, 0) is 0 Å². The predicted octanol–water partition coefficient (Wildman–Crippen LogP) is 1.53. The van der Waals surface area contributed by atoms with E-state index in [1.54, 1.807) is 17.4 Å². The number of nitrogens with zero attached hydrogens (tertiary/aromatic N) is 1. The van der Waals surface area contributed by atoms with E-state index in [-0.39, 0.29) is 5.91 Å². The second-order valence-electron chi connectivity index (χ2n) is 5.57. The molecular formula is C15H22N4OS. The second-order valence-corrected chi connectivity index (χ2v) is 6.57. The molecule has 1 amide bonds. The summed E-state index contributed by atoms with van der Waals surface area (Å²) in [6.45, 7) is 8.03. The molecule has 3 rings (SSSR count). The van der Waals surface area contributed by atoms with Crippen molar-refractivity contribution in [3.63, 3.8) is 0 Å². The van der Waals surface area contributed by atoms with Crippen molar-refractivity contribution in [3.05, 3.63) is 23.1 Å². The highest BCUT2D eigenvalue weighted by Gasteiger charge is 2.34. The average molecular weight is 306 g/mol. The topological polar surface area (TPSA) is 70.4 Å². The van der Waals surface area contributed by atoms with Crippen LogP contribution in [0.25, 0.3) is 0 Å². The summed E-state index contributed by atoms with van der Waals surface area (Å²) >= 11 is 1.55. The summed E-state index contributed by atoms with van der Waals surface area (Å²) in [5.41, 5.74) is 8.21. The van der Waals surface area contributed by atoms with Gasteiger partial charge in [-0.15, -0.1) is 17.9 Å². The summed E-state index contributed by atoms with van der Waals surface area (Å²) < 4.78 is 0. The van der Waals surface area contributed by atoms with Gasteiger partial charge < -0.3 is 21.3 Å². The van der Waals surface area contributed by atoms with Crippen LogP contribution in [0.15, 0.2) is 12.7 Å². The number of rotatable bonds is 5. The molecule has 1 aromatic heterocycles. The van der Waals surface area contributed by atoms with Gasteiger partial charge >= 0.3 is 0 Å². The van der Waals surface area contributed by atoms with E-state index in [2.05, 4.69) is 22.1 Å². The normalized spacial score (nSPS) is 18.6. The summed E-state index contributed by atoms with van der Waals surface area (Å²) in [4.78, 5) is 15.3. The number of carbonyl (C=O) groups excluding carboxylic acids is 1. The lowest BCUT2D eigenvalue weighted by Crippen LogP contribution is -2.43. The fraction of sp³-hybridized carbons (Fsp3) is 0.533. The molecule has 0 unspecified atom stereocenters. The molecule has 0 radical (unpaired) electrons. The Morgan fingerprint density at radius 2 is 2.19 bits per heavy atom. The van der Waals surface area contributed by atoms with E-state index in [1.165, 1.54) is 23.4 Å². The Bertz CT molecular complexity index is 544. The van der Waals surface area contributed by atoms with Crippen LogP contribution < -0.4 is 21.3 Å². The Kier molecular flexibility index (Phi) is 4.17. The third kappa shape index (κ3) is 2.91. The van der Waals surface area contributed by atoms with Gasteiger partial charge in [-0.3, -0.25) is 4.79 Å². The van der Waals surface area contributed by atoms with Crippen molar-refractivity contribution in [3.8, 4) is 0 Å². The van der Waals surface area contributed by atoms with Gasteiger partial charge in [0.25, 0.3) is 5.91 Å². The van der Waals surface area contributed by atoms with Crippen LogP contribution in [0.2, 0.25) is 0 Å². The lowest BCUT2D eigenvalue weighted by molar-refractivity contribution is 0.0963. The molecule has 2 heterocycles. The van der Waals surface area contributed by atoms with Gasteiger partial charge in [0, 0.05) is 38.3 Å². The first-order chi connectivity index (χ1) is 10.2. The lowest BCUT2D eigenvalue weighted by atomic mass is 10.1. The fourth-order valence-electron chi connectivity index (χ4n) is 2.73. The van der Waals surface area contributed by atoms with Crippen LogP contribution in [0, 0.1) is 0 Å². The molecule has 114 valence electrons. The van der Waals surface area contributed by atoms with Crippen LogP contribution in [-0.4, -0.2) is 38.6 Å². The standard InChI is InChI=1S/C15H22N4OS/c1-2-5-18-14(20)13-12(16)11(10-3-4-10)15(21-13)19-8-6-17-7-9-19/h2,10,17H,1,3-9,16H2,(H,18,20). The third-order valence-electron chi connectivity index (χ3n) is 3.97. The highest BCUT2D eigenvalue weighted by atomic mass is 32.1. The largest absolute Gasteiger partial charge is 0.397 e. The van der Waals surface area contributed by atoms with Gasteiger partial charge in [0.2, 0.25) is 0 Å². The molecule has 5 nitrogen and oxygen atoms in total. The molecule has 0 bridgehead atoms. The van der Waals surface area contributed by atoms with Crippen LogP contribution in [0.3, 0.4) is 0 Å². The maximum absolute atomic E-state index is 12.3. The van der Waals surface area contributed by atoms with Crippen LogP contribution in [0.1, 0.15) is 34.0 Å². The van der Waals surface area contributed by atoms with Crippen LogP contribution in [0.4, 0.5) is 10.7 Å². The van der Waals surface area contributed by atoms with Crippen molar-refractivity contribution < 1.29 is 4.79 Å². The Hall–Kier alpha value is -1.53. The Morgan fingerprint density at radius 1 is 1.48 bits per heavy atom. The molecule has 1 saturated heterocycles. The van der Waals surface area contributed by atoms with Crippen molar-refractivity contribution in [1.29, 1.82) is 0 Å². The number of nitrogen functional groups attached to an aromatic ring is 1. The molecule has 4 N–H and O–H groups in total. The molecule has 1 aliphatic heterocycles. The fourth-order valence-corrected chi connectivity index (χ4v) is 4.00. The van der Waals surface area contributed by atoms with Crippen molar-refractivity contribution in [2.45, 2.75) is 18.8 Å². The van der Waals surface area contributed by atoms with Crippen molar-refractivity contribution in [1.82, 2.24) is 10.6 Å². The molecule has 0 spiro atoms. The number of anilines is 2. The number of nitrogens with two attached hydrogens (primary N) is 1. The SMILES string of the molecule is C=CCNC(=O)c1sc(N2CCNCC2)c(C2CC2)c1N. The second kappa shape index (κ2) is 6.07. The van der Waals surface area contributed by atoms with Gasteiger partial charge in [-0.25, -0.2) is 0 Å². The number of nitrogens with one attached hydrogen (secondary N) is 2. The molecule has 6 heteroatoms. The molecule has 1 saturated carbocycles. The van der Waals surface area contributed by atoms with Gasteiger partial charge in [0.1, 0.15) is 4.88 Å². The highest BCUT2D eigenvalue weighted by molar-refractivity contribution is 7.18. The minimum atomic E-state index is -0.0827. The molecule has 0 aromatic carbocycles. The number of amides is 1. The van der Waals surface area contributed by atoms with Crippen molar-refractivity contribution >= 4 is 27.9 Å². The smallest absolute Gasteiger partial charge is 0.263 e. The highest BCUT2D eigenvalue weighted by Crippen LogP contribution is 2.52. The predicted molar refractivity (Wildman–Crippen MR) is 88.3 cm³/mol. The molecule has 0 atom stereocenters. The van der Waals surface area contributed by atoms with Crippen LogP contribution in [0.5, 0.6) is 0 Å². The van der Waals surface area contributed by atoms with E-state index in [0.717, 1.165) is 26.2 Å². The maximum atomic E-state index is 12.3. The maximum Gasteiger partial charge on any atom is 0.263 e. The Morgan fingerprint density at radius 3 is 2.81 bits per heavy atom. The number of thiophene rings is 1. The summed E-state index contributed by atoms with van der Waals surface area (Å²) in [7, 11) is 0. The first-order valence-corrected chi connectivity index (χ1v) is 8.31. The molecular weight excluding hydrogens is 284 g/mol. The first-order valence-electron chi connectivity index (χ1n) is 7.49. The van der Waals surface area contributed by atoms with Gasteiger partial charge in [-0.2, -0.15) is 0 Å². The molecule has 1 aliphatic carbocycles. The van der Waals surface area contributed by atoms with E-state index in [0.29, 0.717) is 23.0 Å². The Balaban J connectivity index is 1.91. The monoisotopic (exact) mass is 306 g/mol. The third-order valence-corrected chi connectivity index (χ3v) is 5.25. The number of piperazine rings is 1. The van der Waals surface area contributed by atoms with E-state index in [4.69, 9.17) is 5.73 Å². The number of carbonyl (C=O) groups is 1. The minimum absolute atomic E-state index is 0.0827. The van der Waals surface area contributed by atoms with E-state index >= 15 is 0 Å². The molecule has 2 fully saturated rings. The summed E-state index contributed by atoms with van der Waals surface area (Å²) in [6, 6.07) is 0. The zero-order valence-electron chi connectivity index (χ0n) is 12.2. The molecule has 2 aliphatic rings. The molecule has 1 aromatic rings. The van der Waals surface area contributed by atoms with E-state index < -0.39 is 0 Å². The van der Waals surface area contributed by atoms with Gasteiger partial charge in [-0.1, -0.05) is 6.08 Å². The zero-order valence-corrected chi connectivity index (χ0v) is 13.0. The van der Waals surface area contributed by atoms with Gasteiger partial charge in [-0.05, 0) is 18.8 Å². The number of hydrogen-bond acceptors (Lipinski definition) is 5. The number of hydrogen-bond donors (Lipinski definition) is 3.